The third-order valence-electron chi connectivity index (χ3n) is 1.52. The van der Waals surface area contributed by atoms with E-state index in [0.717, 1.165) is 13.0 Å². The molecule has 1 atom stereocenters. The van der Waals surface area contributed by atoms with Crippen LogP contribution in [0, 0.1) is 0 Å². The Bertz CT molecular complexity index is 95.5. The maximum absolute atomic E-state index is 5.57. The van der Waals surface area contributed by atoms with Crippen molar-refractivity contribution >= 4 is 0 Å². The Hall–Kier alpha value is -0.120. The van der Waals surface area contributed by atoms with Crippen molar-refractivity contribution in [2.24, 2.45) is 0 Å². The van der Waals surface area contributed by atoms with Crippen LogP contribution in [-0.2, 0) is 14.2 Å². The lowest BCUT2D eigenvalue weighted by Gasteiger charge is -2.16. The molecule has 1 unspecified atom stereocenters. The molecule has 0 aliphatic carbocycles. The van der Waals surface area contributed by atoms with Crippen molar-refractivity contribution in [1.29, 1.82) is 0 Å². The number of rotatable bonds is 2. The van der Waals surface area contributed by atoms with E-state index in [-0.39, 0.29) is 12.2 Å². The van der Waals surface area contributed by atoms with Gasteiger partial charge >= 0.3 is 0 Å². The molecule has 0 aromatic rings. The van der Waals surface area contributed by atoms with Crippen LogP contribution in [0.4, 0.5) is 0 Å². The van der Waals surface area contributed by atoms with Gasteiger partial charge in [0.15, 0.2) is 0 Å². The molecule has 1 rings (SSSR count). The average molecular weight is 160 g/mol. The van der Waals surface area contributed by atoms with Crippen molar-refractivity contribution < 1.29 is 14.2 Å². The second-order valence-corrected chi connectivity index (χ2v) is 2.99. The van der Waals surface area contributed by atoms with Gasteiger partial charge in [-0.3, -0.25) is 0 Å². The zero-order valence-electron chi connectivity index (χ0n) is 7.21. The zero-order valence-corrected chi connectivity index (χ0v) is 7.21. The van der Waals surface area contributed by atoms with Gasteiger partial charge in [-0.15, -0.1) is 0 Å². The summed E-state index contributed by atoms with van der Waals surface area (Å²) in [6.45, 7) is 5.89. The van der Waals surface area contributed by atoms with Crippen molar-refractivity contribution in [2.75, 3.05) is 20.0 Å². The summed E-state index contributed by atoms with van der Waals surface area (Å²) in [4.78, 5) is 0. The van der Waals surface area contributed by atoms with E-state index in [0.29, 0.717) is 13.4 Å². The SMILES string of the molecule is CC(C)OC1CCOCOC1. The Balaban J connectivity index is 2.20. The topological polar surface area (TPSA) is 27.7 Å². The molecule has 0 amide bonds. The molecule has 0 bridgehead atoms. The Labute approximate surface area is 67.6 Å². The fraction of sp³-hybridized carbons (Fsp3) is 1.00. The maximum atomic E-state index is 5.57. The molecule has 1 saturated heterocycles. The van der Waals surface area contributed by atoms with Gasteiger partial charge in [0.2, 0.25) is 0 Å². The lowest BCUT2D eigenvalue weighted by Crippen LogP contribution is -2.22. The summed E-state index contributed by atoms with van der Waals surface area (Å²) >= 11 is 0. The van der Waals surface area contributed by atoms with Crippen LogP contribution in [0.15, 0.2) is 0 Å². The Morgan fingerprint density at radius 3 is 2.91 bits per heavy atom. The van der Waals surface area contributed by atoms with E-state index in [4.69, 9.17) is 14.2 Å². The first-order valence-corrected chi connectivity index (χ1v) is 4.10. The first-order chi connectivity index (χ1) is 5.29. The van der Waals surface area contributed by atoms with Crippen LogP contribution < -0.4 is 0 Å². The van der Waals surface area contributed by atoms with E-state index in [1.807, 2.05) is 13.8 Å². The fourth-order valence-electron chi connectivity index (χ4n) is 1.09. The standard InChI is InChI=1S/C8H16O3/c1-7(2)11-8-3-4-9-6-10-5-8/h7-8H,3-6H2,1-2H3. The first kappa shape index (κ1) is 8.97. The highest BCUT2D eigenvalue weighted by molar-refractivity contribution is 4.59. The van der Waals surface area contributed by atoms with Crippen molar-refractivity contribution in [3.05, 3.63) is 0 Å². The van der Waals surface area contributed by atoms with Crippen LogP contribution in [-0.4, -0.2) is 32.2 Å². The summed E-state index contributed by atoms with van der Waals surface area (Å²) in [5.41, 5.74) is 0. The van der Waals surface area contributed by atoms with Crippen LogP contribution in [0.3, 0.4) is 0 Å². The van der Waals surface area contributed by atoms with Crippen LogP contribution >= 0.6 is 0 Å². The summed E-state index contributed by atoms with van der Waals surface area (Å²) in [5.74, 6) is 0. The van der Waals surface area contributed by atoms with Gasteiger partial charge in [0.1, 0.15) is 6.79 Å². The Morgan fingerprint density at radius 1 is 1.36 bits per heavy atom. The van der Waals surface area contributed by atoms with Gasteiger partial charge < -0.3 is 14.2 Å². The number of ether oxygens (including phenoxy) is 3. The molecule has 1 fully saturated rings. The van der Waals surface area contributed by atoms with Crippen molar-refractivity contribution in [2.45, 2.75) is 32.5 Å². The Kier molecular flexibility index (Phi) is 3.83. The van der Waals surface area contributed by atoms with Gasteiger partial charge in [0.25, 0.3) is 0 Å². The third kappa shape index (κ3) is 3.70. The largest absolute Gasteiger partial charge is 0.373 e. The molecule has 1 heterocycles. The minimum absolute atomic E-state index is 0.220. The molecule has 3 nitrogen and oxygen atoms in total. The van der Waals surface area contributed by atoms with Crippen molar-refractivity contribution in [3.63, 3.8) is 0 Å². The Morgan fingerprint density at radius 2 is 2.18 bits per heavy atom. The third-order valence-corrected chi connectivity index (χ3v) is 1.52. The molecule has 3 heteroatoms. The highest BCUT2D eigenvalue weighted by Crippen LogP contribution is 2.07. The zero-order chi connectivity index (χ0) is 8.10. The van der Waals surface area contributed by atoms with Gasteiger partial charge in [0, 0.05) is 0 Å². The molecule has 1 aliphatic heterocycles. The van der Waals surface area contributed by atoms with Gasteiger partial charge in [0.05, 0.1) is 25.4 Å². The van der Waals surface area contributed by atoms with Gasteiger partial charge in [-0.2, -0.15) is 0 Å². The molecule has 0 spiro atoms. The number of hydrogen-bond acceptors (Lipinski definition) is 3. The van der Waals surface area contributed by atoms with E-state index in [1.165, 1.54) is 0 Å². The molecule has 0 aromatic carbocycles. The second kappa shape index (κ2) is 4.70. The molecule has 0 radical (unpaired) electrons. The van der Waals surface area contributed by atoms with E-state index in [1.54, 1.807) is 0 Å². The van der Waals surface area contributed by atoms with Crippen LogP contribution in [0.2, 0.25) is 0 Å². The highest BCUT2D eigenvalue weighted by Gasteiger charge is 2.13. The molecule has 0 N–H and O–H groups in total. The lowest BCUT2D eigenvalue weighted by atomic mass is 10.3. The summed E-state index contributed by atoms with van der Waals surface area (Å²) in [6, 6.07) is 0. The predicted molar refractivity (Wildman–Crippen MR) is 41.4 cm³/mol. The summed E-state index contributed by atoms with van der Waals surface area (Å²) in [5, 5.41) is 0. The summed E-state index contributed by atoms with van der Waals surface area (Å²) in [7, 11) is 0. The smallest absolute Gasteiger partial charge is 0.146 e. The molecule has 1 aliphatic rings. The van der Waals surface area contributed by atoms with Gasteiger partial charge in [-0.25, -0.2) is 0 Å². The molecular weight excluding hydrogens is 144 g/mol. The minimum Gasteiger partial charge on any atom is -0.373 e. The highest BCUT2D eigenvalue weighted by atomic mass is 16.7. The van der Waals surface area contributed by atoms with Crippen molar-refractivity contribution in [1.82, 2.24) is 0 Å². The lowest BCUT2D eigenvalue weighted by molar-refractivity contribution is -0.0632. The molecule has 0 aromatic heterocycles. The summed E-state index contributed by atoms with van der Waals surface area (Å²) in [6.07, 6.45) is 1.44. The van der Waals surface area contributed by atoms with E-state index in [9.17, 15) is 0 Å². The maximum Gasteiger partial charge on any atom is 0.146 e. The number of hydrogen-bond donors (Lipinski definition) is 0. The second-order valence-electron chi connectivity index (χ2n) is 2.99. The van der Waals surface area contributed by atoms with E-state index in [2.05, 4.69) is 0 Å². The monoisotopic (exact) mass is 160 g/mol. The van der Waals surface area contributed by atoms with Crippen molar-refractivity contribution in [3.8, 4) is 0 Å². The fourth-order valence-corrected chi connectivity index (χ4v) is 1.09. The first-order valence-electron chi connectivity index (χ1n) is 4.10. The molecule has 0 saturated carbocycles. The van der Waals surface area contributed by atoms with Crippen LogP contribution in [0.5, 0.6) is 0 Å². The van der Waals surface area contributed by atoms with E-state index < -0.39 is 0 Å². The average Bonchev–Trinajstić information content (AvgIpc) is 2.14. The van der Waals surface area contributed by atoms with Crippen LogP contribution in [0.25, 0.3) is 0 Å². The van der Waals surface area contributed by atoms with Gasteiger partial charge in [-0.05, 0) is 20.3 Å². The van der Waals surface area contributed by atoms with Crippen LogP contribution in [0.1, 0.15) is 20.3 Å². The van der Waals surface area contributed by atoms with Gasteiger partial charge in [-0.1, -0.05) is 0 Å². The molecular formula is C8H16O3. The summed E-state index contributed by atoms with van der Waals surface area (Å²) < 4.78 is 15.8. The van der Waals surface area contributed by atoms with E-state index >= 15 is 0 Å². The molecule has 66 valence electrons. The minimum atomic E-state index is 0.220. The molecule has 11 heavy (non-hydrogen) atoms. The normalized spacial score (nSPS) is 27.0. The predicted octanol–water partition coefficient (Wildman–Crippen LogP) is 1.17. The quantitative estimate of drug-likeness (QED) is 0.607.